The Labute approximate surface area is 114 Å². The Bertz CT molecular complexity index is 454. The molecule has 1 aliphatic carbocycles. The van der Waals surface area contributed by atoms with Gasteiger partial charge >= 0.3 is 0 Å². The minimum atomic E-state index is 0.193. The Morgan fingerprint density at radius 1 is 1.21 bits per heavy atom. The first kappa shape index (κ1) is 12.7. The molecule has 0 aromatic carbocycles. The molecular formula is C15H23N3O. The van der Waals surface area contributed by atoms with Crippen LogP contribution in [-0.4, -0.2) is 33.6 Å². The number of amides is 1. The first-order valence-corrected chi connectivity index (χ1v) is 7.51. The number of aryl methyl sites for hydroxylation is 2. The fourth-order valence-electron chi connectivity index (χ4n) is 3.89. The van der Waals surface area contributed by atoms with Crippen LogP contribution in [0.15, 0.2) is 0 Å². The molecule has 2 aliphatic rings. The highest BCUT2D eigenvalue weighted by Gasteiger charge is 2.37. The zero-order valence-corrected chi connectivity index (χ0v) is 11.9. The number of carbonyl (C=O) groups excluding carboxylic acids is 1. The predicted molar refractivity (Wildman–Crippen MR) is 74.1 cm³/mol. The van der Waals surface area contributed by atoms with E-state index in [-0.39, 0.29) is 5.91 Å². The molecule has 4 nitrogen and oxygen atoms in total. The van der Waals surface area contributed by atoms with Crippen LogP contribution in [0, 0.1) is 19.8 Å². The van der Waals surface area contributed by atoms with Crippen molar-refractivity contribution in [3.05, 3.63) is 17.0 Å². The molecule has 1 amide bonds. The molecule has 1 aromatic heterocycles. The number of hydrogen-bond donors (Lipinski definition) is 1. The third-order valence-corrected chi connectivity index (χ3v) is 4.85. The molecule has 1 aromatic rings. The van der Waals surface area contributed by atoms with E-state index in [1.165, 1.54) is 32.1 Å². The summed E-state index contributed by atoms with van der Waals surface area (Å²) >= 11 is 0. The third kappa shape index (κ3) is 2.17. The second-order valence-electron chi connectivity index (χ2n) is 6.06. The van der Waals surface area contributed by atoms with Crippen molar-refractivity contribution in [3.8, 4) is 0 Å². The standard InChI is InChI=1S/C15H23N3O/c1-10-14(11(2)17-16-10)15(19)18-9-5-8-13(18)12-6-3-4-7-12/h12-13H,3-9H2,1-2H3,(H,16,17). The summed E-state index contributed by atoms with van der Waals surface area (Å²) in [6.45, 7) is 4.77. The Hall–Kier alpha value is -1.32. The molecule has 1 saturated heterocycles. The molecule has 1 atom stereocenters. The van der Waals surface area contributed by atoms with Gasteiger partial charge in [-0.1, -0.05) is 12.8 Å². The van der Waals surface area contributed by atoms with Crippen molar-refractivity contribution in [2.45, 2.75) is 58.4 Å². The molecule has 2 fully saturated rings. The predicted octanol–water partition coefficient (Wildman–Crippen LogP) is 2.82. The number of likely N-dealkylation sites (tertiary alicyclic amines) is 1. The average molecular weight is 261 g/mol. The van der Waals surface area contributed by atoms with Gasteiger partial charge in [0.2, 0.25) is 0 Å². The van der Waals surface area contributed by atoms with Gasteiger partial charge in [0, 0.05) is 18.3 Å². The zero-order valence-electron chi connectivity index (χ0n) is 11.9. The average Bonchev–Trinajstić information content (AvgIpc) is 3.08. The van der Waals surface area contributed by atoms with E-state index >= 15 is 0 Å². The molecule has 4 heteroatoms. The summed E-state index contributed by atoms with van der Waals surface area (Å²) in [5.74, 6) is 0.928. The maximum atomic E-state index is 12.8. The Morgan fingerprint density at radius 3 is 2.58 bits per heavy atom. The summed E-state index contributed by atoms with van der Waals surface area (Å²) in [7, 11) is 0. The number of nitrogens with zero attached hydrogens (tertiary/aromatic N) is 2. The van der Waals surface area contributed by atoms with Gasteiger partial charge in [0.1, 0.15) is 0 Å². The Morgan fingerprint density at radius 2 is 1.95 bits per heavy atom. The quantitative estimate of drug-likeness (QED) is 0.890. The highest BCUT2D eigenvalue weighted by molar-refractivity contribution is 5.96. The molecule has 0 spiro atoms. The van der Waals surface area contributed by atoms with Crippen LogP contribution in [0.25, 0.3) is 0 Å². The molecule has 1 saturated carbocycles. The van der Waals surface area contributed by atoms with E-state index in [9.17, 15) is 4.79 Å². The number of nitrogens with one attached hydrogen (secondary N) is 1. The van der Waals surface area contributed by atoms with Gasteiger partial charge in [-0.25, -0.2) is 0 Å². The van der Waals surface area contributed by atoms with Crippen LogP contribution >= 0.6 is 0 Å². The zero-order chi connectivity index (χ0) is 13.4. The summed E-state index contributed by atoms with van der Waals surface area (Å²) in [6, 6.07) is 0.476. The second kappa shape index (κ2) is 4.99. The van der Waals surface area contributed by atoms with Crippen LogP contribution in [0.3, 0.4) is 0 Å². The smallest absolute Gasteiger partial charge is 0.257 e. The number of H-pyrrole nitrogens is 1. The monoisotopic (exact) mass is 261 g/mol. The summed E-state index contributed by atoms with van der Waals surface area (Å²) < 4.78 is 0. The summed E-state index contributed by atoms with van der Waals surface area (Å²) in [5.41, 5.74) is 2.53. The Kier molecular flexibility index (Phi) is 3.33. The maximum absolute atomic E-state index is 12.8. The fraction of sp³-hybridized carbons (Fsp3) is 0.733. The van der Waals surface area contributed by atoms with Crippen LogP contribution in [0.5, 0.6) is 0 Å². The summed E-state index contributed by atoms with van der Waals surface area (Å²) in [4.78, 5) is 14.9. The van der Waals surface area contributed by atoms with Gasteiger partial charge in [-0.2, -0.15) is 5.10 Å². The van der Waals surface area contributed by atoms with Crippen molar-refractivity contribution in [2.24, 2.45) is 5.92 Å². The molecule has 0 bridgehead atoms. The first-order chi connectivity index (χ1) is 9.18. The Balaban J connectivity index is 1.82. The van der Waals surface area contributed by atoms with Crippen LogP contribution in [0.1, 0.15) is 60.3 Å². The molecule has 3 rings (SSSR count). The summed E-state index contributed by atoms with van der Waals surface area (Å²) in [6.07, 6.45) is 7.63. The normalized spacial score (nSPS) is 24.3. The first-order valence-electron chi connectivity index (χ1n) is 7.51. The minimum Gasteiger partial charge on any atom is -0.335 e. The molecule has 1 aliphatic heterocycles. The third-order valence-electron chi connectivity index (χ3n) is 4.85. The molecule has 19 heavy (non-hydrogen) atoms. The lowest BCUT2D eigenvalue weighted by molar-refractivity contribution is 0.0687. The van der Waals surface area contributed by atoms with Gasteiger partial charge in [0.15, 0.2) is 0 Å². The molecule has 1 N–H and O–H groups in total. The van der Waals surface area contributed by atoms with Crippen molar-refractivity contribution in [3.63, 3.8) is 0 Å². The van der Waals surface area contributed by atoms with Crippen LogP contribution in [-0.2, 0) is 0 Å². The van der Waals surface area contributed by atoms with Gasteiger partial charge in [-0.05, 0) is 45.4 Å². The fourth-order valence-corrected chi connectivity index (χ4v) is 3.89. The van der Waals surface area contributed by atoms with Crippen molar-refractivity contribution >= 4 is 5.91 Å². The van der Waals surface area contributed by atoms with Crippen LogP contribution < -0.4 is 0 Å². The lowest BCUT2D eigenvalue weighted by Gasteiger charge is -2.29. The van der Waals surface area contributed by atoms with E-state index in [1.807, 2.05) is 13.8 Å². The number of aromatic nitrogens is 2. The lowest BCUT2D eigenvalue weighted by Crippen LogP contribution is -2.39. The van der Waals surface area contributed by atoms with Crippen molar-refractivity contribution in [1.29, 1.82) is 0 Å². The molecule has 1 unspecified atom stereocenters. The summed E-state index contributed by atoms with van der Waals surface area (Å²) in [5, 5.41) is 7.09. The lowest BCUT2D eigenvalue weighted by atomic mass is 9.95. The molecular weight excluding hydrogens is 238 g/mol. The maximum Gasteiger partial charge on any atom is 0.257 e. The molecule has 2 heterocycles. The molecule has 104 valence electrons. The number of carbonyl (C=O) groups is 1. The SMILES string of the molecule is Cc1n[nH]c(C)c1C(=O)N1CCCC1C1CCCC1. The van der Waals surface area contributed by atoms with E-state index in [1.54, 1.807) is 0 Å². The topological polar surface area (TPSA) is 49.0 Å². The van der Waals surface area contributed by atoms with Crippen LogP contribution in [0.4, 0.5) is 0 Å². The van der Waals surface area contributed by atoms with Gasteiger partial charge in [-0.15, -0.1) is 0 Å². The highest BCUT2D eigenvalue weighted by atomic mass is 16.2. The number of rotatable bonds is 2. The van der Waals surface area contributed by atoms with Crippen molar-refractivity contribution in [1.82, 2.24) is 15.1 Å². The highest BCUT2D eigenvalue weighted by Crippen LogP contribution is 2.36. The van der Waals surface area contributed by atoms with E-state index in [4.69, 9.17) is 0 Å². The minimum absolute atomic E-state index is 0.193. The second-order valence-corrected chi connectivity index (χ2v) is 6.06. The van der Waals surface area contributed by atoms with E-state index in [0.717, 1.165) is 35.8 Å². The number of hydrogen-bond acceptors (Lipinski definition) is 2. The molecule has 0 radical (unpaired) electrons. The van der Waals surface area contributed by atoms with Gasteiger partial charge in [0.25, 0.3) is 5.91 Å². The van der Waals surface area contributed by atoms with E-state index < -0.39 is 0 Å². The van der Waals surface area contributed by atoms with E-state index in [2.05, 4.69) is 15.1 Å². The number of aromatic amines is 1. The van der Waals surface area contributed by atoms with Gasteiger partial charge in [-0.3, -0.25) is 9.89 Å². The largest absolute Gasteiger partial charge is 0.335 e. The van der Waals surface area contributed by atoms with Crippen LogP contribution in [0.2, 0.25) is 0 Å². The van der Waals surface area contributed by atoms with E-state index in [0.29, 0.717) is 6.04 Å². The van der Waals surface area contributed by atoms with Crippen molar-refractivity contribution in [2.75, 3.05) is 6.54 Å². The van der Waals surface area contributed by atoms with Crippen molar-refractivity contribution < 1.29 is 4.79 Å². The van der Waals surface area contributed by atoms with Gasteiger partial charge < -0.3 is 4.90 Å². The van der Waals surface area contributed by atoms with Gasteiger partial charge in [0.05, 0.1) is 11.3 Å².